The Labute approximate surface area is 87.9 Å². The van der Waals surface area contributed by atoms with E-state index in [-0.39, 0.29) is 6.61 Å². The van der Waals surface area contributed by atoms with Crippen LogP contribution >= 0.6 is 0 Å². The number of aliphatic carboxylic acids is 1. The van der Waals surface area contributed by atoms with Gasteiger partial charge >= 0.3 is 12.1 Å². The van der Waals surface area contributed by atoms with Gasteiger partial charge in [-0.25, -0.2) is 9.59 Å². The second kappa shape index (κ2) is 6.83. The standard InChI is InChI=1S/C9H15NO5/c1-4-5-15-9(13)10-7(8(11)12)6(2)14-3/h4,6-7H,1,5H2,2-3H3,(H,10,13)(H,11,12)/t6-,7+/m0/s1. The Kier molecular flexibility index (Phi) is 6.12. The number of amides is 1. The van der Waals surface area contributed by atoms with Crippen LogP contribution in [0.25, 0.3) is 0 Å². The molecule has 0 aliphatic carbocycles. The van der Waals surface area contributed by atoms with E-state index in [0.717, 1.165) is 0 Å². The van der Waals surface area contributed by atoms with E-state index < -0.39 is 24.2 Å². The molecule has 0 aliphatic rings. The Balaban J connectivity index is 4.22. The van der Waals surface area contributed by atoms with E-state index in [9.17, 15) is 9.59 Å². The molecule has 0 radical (unpaired) electrons. The van der Waals surface area contributed by atoms with Crippen molar-refractivity contribution in [2.24, 2.45) is 0 Å². The molecule has 2 atom stereocenters. The summed E-state index contributed by atoms with van der Waals surface area (Å²) in [5.74, 6) is -1.18. The lowest BCUT2D eigenvalue weighted by molar-refractivity contribution is -0.142. The molecule has 6 heteroatoms. The van der Waals surface area contributed by atoms with Crippen molar-refractivity contribution in [1.29, 1.82) is 0 Å². The number of hydrogen-bond acceptors (Lipinski definition) is 4. The fourth-order valence-electron chi connectivity index (χ4n) is 0.819. The Bertz CT molecular complexity index is 241. The van der Waals surface area contributed by atoms with Gasteiger partial charge in [0.2, 0.25) is 0 Å². The Morgan fingerprint density at radius 3 is 2.60 bits per heavy atom. The summed E-state index contributed by atoms with van der Waals surface area (Å²) in [6.45, 7) is 4.91. The molecule has 0 bridgehead atoms. The Hall–Kier alpha value is -1.56. The zero-order valence-corrected chi connectivity index (χ0v) is 8.73. The third kappa shape index (κ3) is 5.02. The number of carboxylic acids is 1. The quantitative estimate of drug-likeness (QED) is 0.628. The second-order valence-electron chi connectivity index (χ2n) is 2.79. The molecule has 0 fully saturated rings. The lowest BCUT2D eigenvalue weighted by atomic mass is 10.2. The maximum atomic E-state index is 11.0. The minimum absolute atomic E-state index is 0.0273. The summed E-state index contributed by atoms with van der Waals surface area (Å²) in [5, 5.41) is 10.9. The van der Waals surface area contributed by atoms with Gasteiger partial charge in [0.25, 0.3) is 0 Å². The van der Waals surface area contributed by atoms with Crippen LogP contribution < -0.4 is 5.32 Å². The molecule has 0 aromatic carbocycles. The van der Waals surface area contributed by atoms with Gasteiger partial charge in [-0.2, -0.15) is 0 Å². The predicted octanol–water partition coefficient (Wildman–Crippen LogP) is 0.387. The molecule has 15 heavy (non-hydrogen) atoms. The zero-order chi connectivity index (χ0) is 11.8. The van der Waals surface area contributed by atoms with E-state index in [0.29, 0.717) is 0 Å². The van der Waals surface area contributed by atoms with Crippen molar-refractivity contribution >= 4 is 12.1 Å². The van der Waals surface area contributed by atoms with Crippen molar-refractivity contribution in [3.05, 3.63) is 12.7 Å². The first-order chi connectivity index (χ1) is 7.02. The highest BCUT2D eigenvalue weighted by Gasteiger charge is 2.26. The van der Waals surface area contributed by atoms with Gasteiger partial charge in [-0.15, -0.1) is 0 Å². The highest BCUT2D eigenvalue weighted by atomic mass is 16.5. The van der Waals surface area contributed by atoms with Gasteiger partial charge in [0.05, 0.1) is 6.10 Å². The summed E-state index contributed by atoms with van der Waals surface area (Å²) in [4.78, 5) is 21.8. The summed E-state index contributed by atoms with van der Waals surface area (Å²) in [7, 11) is 1.36. The number of carbonyl (C=O) groups excluding carboxylic acids is 1. The largest absolute Gasteiger partial charge is 0.480 e. The monoisotopic (exact) mass is 217 g/mol. The molecule has 0 saturated carbocycles. The maximum Gasteiger partial charge on any atom is 0.408 e. The Morgan fingerprint density at radius 2 is 2.20 bits per heavy atom. The van der Waals surface area contributed by atoms with Crippen molar-refractivity contribution < 1.29 is 24.2 Å². The van der Waals surface area contributed by atoms with Crippen LogP contribution in [0.1, 0.15) is 6.92 Å². The molecule has 0 unspecified atom stereocenters. The number of hydrogen-bond donors (Lipinski definition) is 2. The first-order valence-corrected chi connectivity index (χ1v) is 4.32. The van der Waals surface area contributed by atoms with Crippen molar-refractivity contribution in [2.75, 3.05) is 13.7 Å². The summed E-state index contributed by atoms with van der Waals surface area (Å²) >= 11 is 0. The maximum absolute atomic E-state index is 11.0. The lowest BCUT2D eigenvalue weighted by Crippen LogP contribution is -2.48. The van der Waals surface area contributed by atoms with Crippen LogP contribution in [0, 0.1) is 0 Å². The van der Waals surface area contributed by atoms with Crippen LogP contribution in [-0.2, 0) is 14.3 Å². The molecule has 0 aliphatic heterocycles. The average Bonchev–Trinajstić information content (AvgIpc) is 2.21. The van der Waals surface area contributed by atoms with E-state index in [2.05, 4.69) is 16.6 Å². The summed E-state index contributed by atoms with van der Waals surface area (Å²) in [6, 6.07) is -1.13. The molecule has 0 aromatic heterocycles. The SMILES string of the molecule is C=CCOC(=O)N[C@@H](C(=O)O)[C@H](C)OC. The van der Waals surface area contributed by atoms with E-state index in [1.807, 2.05) is 0 Å². The molecule has 0 saturated heterocycles. The van der Waals surface area contributed by atoms with Gasteiger partial charge in [-0.3, -0.25) is 0 Å². The fourth-order valence-corrected chi connectivity index (χ4v) is 0.819. The number of rotatable bonds is 6. The molecule has 1 amide bonds. The summed E-state index contributed by atoms with van der Waals surface area (Å²) in [6.07, 6.45) is -0.0697. The summed E-state index contributed by atoms with van der Waals surface area (Å²) in [5.41, 5.74) is 0. The molecule has 0 aromatic rings. The van der Waals surface area contributed by atoms with Crippen LogP contribution in [0.4, 0.5) is 4.79 Å². The minimum atomic E-state index is -1.18. The van der Waals surface area contributed by atoms with E-state index in [1.165, 1.54) is 20.1 Å². The molecule has 86 valence electrons. The van der Waals surface area contributed by atoms with E-state index in [1.54, 1.807) is 0 Å². The third-order valence-electron chi connectivity index (χ3n) is 1.71. The summed E-state index contributed by atoms with van der Waals surface area (Å²) < 4.78 is 9.39. The molecule has 0 spiro atoms. The van der Waals surface area contributed by atoms with E-state index in [4.69, 9.17) is 9.84 Å². The van der Waals surface area contributed by atoms with Gasteiger partial charge in [-0.05, 0) is 6.92 Å². The minimum Gasteiger partial charge on any atom is -0.480 e. The normalized spacial score (nSPS) is 13.7. The van der Waals surface area contributed by atoms with Crippen LogP contribution in [0.2, 0.25) is 0 Å². The first-order valence-electron chi connectivity index (χ1n) is 4.32. The van der Waals surface area contributed by atoms with Crippen LogP contribution in [0.15, 0.2) is 12.7 Å². The van der Waals surface area contributed by atoms with Gasteiger partial charge in [0, 0.05) is 7.11 Å². The van der Waals surface area contributed by atoms with Crippen molar-refractivity contribution in [3.63, 3.8) is 0 Å². The molecule has 0 rings (SSSR count). The van der Waals surface area contributed by atoms with Crippen LogP contribution in [-0.4, -0.2) is 43.0 Å². The average molecular weight is 217 g/mol. The highest BCUT2D eigenvalue weighted by molar-refractivity contribution is 5.80. The van der Waals surface area contributed by atoms with Crippen molar-refractivity contribution in [3.8, 4) is 0 Å². The van der Waals surface area contributed by atoms with Gasteiger partial charge in [0.1, 0.15) is 6.61 Å². The van der Waals surface area contributed by atoms with Gasteiger partial charge < -0.3 is 19.9 Å². The number of carbonyl (C=O) groups is 2. The number of methoxy groups -OCH3 is 1. The second-order valence-corrected chi connectivity index (χ2v) is 2.79. The van der Waals surface area contributed by atoms with Gasteiger partial charge in [0.15, 0.2) is 6.04 Å². The molecule has 2 N–H and O–H groups in total. The van der Waals surface area contributed by atoms with Crippen molar-refractivity contribution in [2.45, 2.75) is 19.1 Å². The molecule has 0 heterocycles. The number of alkyl carbamates (subject to hydrolysis) is 1. The van der Waals surface area contributed by atoms with Crippen LogP contribution in [0.3, 0.4) is 0 Å². The highest BCUT2D eigenvalue weighted by Crippen LogP contribution is 1.98. The van der Waals surface area contributed by atoms with Crippen molar-refractivity contribution in [1.82, 2.24) is 5.32 Å². The Morgan fingerprint density at radius 1 is 1.60 bits per heavy atom. The predicted molar refractivity (Wildman–Crippen MR) is 52.6 cm³/mol. The number of carboxylic acid groups (broad SMARTS) is 1. The van der Waals surface area contributed by atoms with Crippen LogP contribution in [0.5, 0.6) is 0 Å². The van der Waals surface area contributed by atoms with E-state index >= 15 is 0 Å². The zero-order valence-electron chi connectivity index (χ0n) is 8.73. The fraction of sp³-hybridized carbons (Fsp3) is 0.556. The first kappa shape index (κ1) is 13.4. The molecular weight excluding hydrogens is 202 g/mol. The molecule has 6 nitrogen and oxygen atoms in total. The molecular formula is C9H15NO5. The lowest BCUT2D eigenvalue weighted by Gasteiger charge is -2.19. The smallest absolute Gasteiger partial charge is 0.408 e. The number of nitrogens with one attached hydrogen (secondary N) is 1. The topological polar surface area (TPSA) is 84.9 Å². The van der Waals surface area contributed by atoms with Gasteiger partial charge in [-0.1, -0.05) is 12.7 Å². The number of ether oxygens (including phenoxy) is 2. The third-order valence-corrected chi connectivity index (χ3v) is 1.71.